The van der Waals surface area contributed by atoms with E-state index in [0.717, 1.165) is 55.2 Å². The van der Waals surface area contributed by atoms with E-state index in [-0.39, 0.29) is 0 Å². The highest BCUT2D eigenvalue weighted by Gasteiger charge is 2.21. The first kappa shape index (κ1) is 30.4. The second-order valence-electron chi connectivity index (χ2n) is 14.2. The molecule has 6 heteroatoms. The lowest BCUT2D eigenvalue weighted by molar-refractivity contribution is 0.669. The van der Waals surface area contributed by atoms with Gasteiger partial charge < -0.3 is 9.40 Å². The molecular formula is C49H27ClN4O. The van der Waals surface area contributed by atoms with Crippen molar-refractivity contribution in [2.24, 2.45) is 0 Å². The molecule has 12 rings (SSSR count). The molecule has 0 aliphatic rings. The molecule has 0 saturated heterocycles. The third-order valence-electron chi connectivity index (χ3n) is 11.1. The maximum Gasteiger partial charge on any atom is 0.167 e. The van der Waals surface area contributed by atoms with Crippen LogP contribution in [0.5, 0.6) is 0 Å². The third-order valence-corrected chi connectivity index (χ3v) is 11.4. The summed E-state index contributed by atoms with van der Waals surface area (Å²) in [6.07, 6.45) is 0. The van der Waals surface area contributed by atoms with E-state index in [2.05, 4.69) is 89.9 Å². The number of aromatic amines is 1. The number of benzene rings is 9. The molecule has 5 nitrogen and oxygen atoms in total. The van der Waals surface area contributed by atoms with Crippen molar-refractivity contribution in [3.05, 3.63) is 163 Å². The standard InChI is InChI=1S/C49H27ClN4O/c50-38-23-22-37(49-53-47(27-10-3-1-4-11-27)52-48(54-49)28-12-5-2-6-13-28)46-43(38)36-21-19-30(26-41(36)55-46)29-18-20-32-31(24-29)25-40-45-42(32)34-15-8-7-14-33(34)35-16-9-17-39(51-40)44(35)45/h1-26,51H. The van der Waals surface area contributed by atoms with Gasteiger partial charge in [-0.05, 0) is 80.5 Å². The highest BCUT2D eigenvalue weighted by atomic mass is 35.5. The first-order valence-electron chi connectivity index (χ1n) is 18.3. The second kappa shape index (κ2) is 11.5. The minimum atomic E-state index is 0.518. The molecule has 12 aromatic rings. The number of furan rings is 1. The summed E-state index contributed by atoms with van der Waals surface area (Å²) in [4.78, 5) is 18.6. The number of hydrogen-bond donors (Lipinski definition) is 1. The monoisotopic (exact) mass is 722 g/mol. The van der Waals surface area contributed by atoms with Gasteiger partial charge >= 0.3 is 0 Å². The summed E-state index contributed by atoms with van der Waals surface area (Å²) in [5.41, 5.74) is 8.41. The first-order valence-corrected chi connectivity index (χ1v) is 18.7. The van der Waals surface area contributed by atoms with Crippen LogP contribution in [-0.2, 0) is 0 Å². The fraction of sp³-hybridized carbons (Fsp3) is 0. The van der Waals surface area contributed by atoms with Crippen LogP contribution in [0, 0.1) is 0 Å². The van der Waals surface area contributed by atoms with Crippen molar-refractivity contribution in [2.75, 3.05) is 0 Å². The quantitative estimate of drug-likeness (QED) is 0.184. The van der Waals surface area contributed by atoms with E-state index in [1.54, 1.807) is 0 Å². The van der Waals surface area contributed by atoms with Crippen LogP contribution < -0.4 is 0 Å². The third kappa shape index (κ3) is 4.51. The summed E-state index contributed by atoms with van der Waals surface area (Å²) in [7, 11) is 0. The zero-order chi connectivity index (χ0) is 36.2. The van der Waals surface area contributed by atoms with Gasteiger partial charge in [-0.2, -0.15) is 0 Å². The van der Waals surface area contributed by atoms with Gasteiger partial charge in [0.25, 0.3) is 0 Å². The van der Waals surface area contributed by atoms with Crippen molar-refractivity contribution < 1.29 is 4.42 Å². The Morgan fingerprint density at radius 3 is 1.82 bits per heavy atom. The highest BCUT2D eigenvalue weighted by molar-refractivity contribution is 6.39. The summed E-state index contributed by atoms with van der Waals surface area (Å²) in [6, 6.07) is 54.6. The molecule has 0 bridgehead atoms. The molecular weight excluding hydrogens is 696 g/mol. The van der Waals surface area contributed by atoms with Crippen LogP contribution in [0.3, 0.4) is 0 Å². The van der Waals surface area contributed by atoms with Gasteiger partial charge in [-0.1, -0.05) is 127 Å². The molecule has 0 fully saturated rings. The Hall–Kier alpha value is -7.08. The van der Waals surface area contributed by atoms with E-state index in [9.17, 15) is 0 Å². The summed E-state index contributed by atoms with van der Waals surface area (Å²) in [6.45, 7) is 0. The van der Waals surface area contributed by atoms with Crippen molar-refractivity contribution in [1.29, 1.82) is 0 Å². The number of hydrogen-bond acceptors (Lipinski definition) is 4. The van der Waals surface area contributed by atoms with E-state index in [1.807, 2.05) is 72.8 Å². The van der Waals surface area contributed by atoms with Gasteiger partial charge in [0, 0.05) is 49.1 Å². The number of rotatable bonds is 4. The molecule has 55 heavy (non-hydrogen) atoms. The normalized spacial score (nSPS) is 12.1. The van der Waals surface area contributed by atoms with Crippen LogP contribution in [-0.4, -0.2) is 19.9 Å². The van der Waals surface area contributed by atoms with E-state index < -0.39 is 0 Å². The fourth-order valence-electron chi connectivity index (χ4n) is 8.58. The Labute approximate surface area is 318 Å². The van der Waals surface area contributed by atoms with E-state index in [0.29, 0.717) is 28.1 Å². The molecule has 1 N–H and O–H groups in total. The largest absolute Gasteiger partial charge is 0.455 e. The van der Waals surface area contributed by atoms with Crippen molar-refractivity contribution in [1.82, 2.24) is 19.9 Å². The lowest BCUT2D eigenvalue weighted by Crippen LogP contribution is -2.00. The van der Waals surface area contributed by atoms with Crippen molar-refractivity contribution in [3.8, 4) is 45.3 Å². The molecule has 3 heterocycles. The minimum absolute atomic E-state index is 0.518. The predicted octanol–water partition coefficient (Wildman–Crippen LogP) is 13.6. The molecule has 3 aromatic heterocycles. The molecule has 0 saturated carbocycles. The smallest absolute Gasteiger partial charge is 0.167 e. The van der Waals surface area contributed by atoms with Crippen LogP contribution >= 0.6 is 11.6 Å². The average molecular weight is 723 g/mol. The van der Waals surface area contributed by atoms with E-state index in [1.165, 1.54) is 43.1 Å². The van der Waals surface area contributed by atoms with Crippen LogP contribution in [0.2, 0.25) is 5.02 Å². The average Bonchev–Trinajstić information content (AvgIpc) is 3.82. The van der Waals surface area contributed by atoms with Gasteiger partial charge in [0.1, 0.15) is 11.2 Å². The van der Waals surface area contributed by atoms with Crippen molar-refractivity contribution in [3.63, 3.8) is 0 Å². The Balaban J connectivity index is 1.03. The van der Waals surface area contributed by atoms with Gasteiger partial charge in [0.05, 0.1) is 10.6 Å². The Morgan fingerprint density at radius 2 is 1.05 bits per heavy atom. The molecule has 0 atom stereocenters. The Bertz CT molecular complexity index is 3440. The summed E-state index contributed by atoms with van der Waals surface area (Å²) < 4.78 is 6.74. The zero-order valence-corrected chi connectivity index (χ0v) is 29.9. The lowest BCUT2D eigenvalue weighted by atomic mass is 9.90. The molecule has 9 aromatic carbocycles. The Kier molecular flexibility index (Phi) is 6.33. The van der Waals surface area contributed by atoms with Crippen LogP contribution in [0.1, 0.15) is 0 Å². The SMILES string of the molecule is Clc1ccc(-c2nc(-c3ccccc3)nc(-c3ccccc3)n2)c2oc3cc(-c4ccc5c(c4)cc4[nH]c6cccc7c8ccccc8c5c4c67)ccc3c12. The van der Waals surface area contributed by atoms with Gasteiger partial charge in [-0.15, -0.1) is 0 Å². The fourth-order valence-corrected chi connectivity index (χ4v) is 8.83. The summed E-state index contributed by atoms with van der Waals surface area (Å²) >= 11 is 6.94. The Morgan fingerprint density at radius 1 is 0.418 bits per heavy atom. The molecule has 0 aliphatic carbocycles. The molecule has 0 amide bonds. The van der Waals surface area contributed by atoms with Crippen LogP contribution in [0.4, 0.5) is 0 Å². The second-order valence-corrected chi connectivity index (χ2v) is 14.6. The molecule has 0 spiro atoms. The lowest BCUT2D eigenvalue weighted by Gasteiger charge is -2.12. The summed E-state index contributed by atoms with van der Waals surface area (Å²) in [5.74, 6) is 1.69. The maximum absolute atomic E-state index is 6.94. The molecule has 256 valence electrons. The molecule has 0 aliphatic heterocycles. The number of halogens is 1. The van der Waals surface area contributed by atoms with Gasteiger partial charge in [-0.3, -0.25) is 0 Å². The van der Waals surface area contributed by atoms with E-state index >= 15 is 0 Å². The number of nitrogens with zero attached hydrogens (tertiary/aromatic N) is 3. The van der Waals surface area contributed by atoms with Crippen molar-refractivity contribution >= 4 is 87.7 Å². The van der Waals surface area contributed by atoms with Gasteiger partial charge in [0.2, 0.25) is 0 Å². The molecule has 0 radical (unpaired) electrons. The van der Waals surface area contributed by atoms with Crippen LogP contribution in [0.15, 0.2) is 162 Å². The van der Waals surface area contributed by atoms with E-state index in [4.69, 9.17) is 31.0 Å². The highest BCUT2D eigenvalue weighted by Crippen LogP contribution is 2.45. The first-order chi connectivity index (χ1) is 27.2. The van der Waals surface area contributed by atoms with Crippen molar-refractivity contribution in [2.45, 2.75) is 0 Å². The van der Waals surface area contributed by atoms with Crippen LogP contribution in [0.25, 0.3) is 121 Å². The maximum atomic E-state index is 6.94. The minimum Gasteiger partial charge on any atom is -0.455 e. The summed E-state index contributed by atoms with van der Waals surface area (Å²) in [5, 5.41) is 12.5. The zero-order valence-electron chi connectivity index (χ0n) is 29.1. The predicted molar refractivity (Wildman–Crippen MR) is 227 cm³/mol. The van der Waals surface area contributed by atoms with Gasteiger partial charge in [-0.25, -0.2) is 15.0 Å². The number of nitrogens with one attached hydrogen (secondary N) is 1. The number of fused-ring (bicyclic) bond motifs is 8. The number of aromatic nitrogens is 4. The molecule has 0 unspecified atom stereocenters. The van der Waals surface area contributed by atoms with Gasteiger partial charge in [0.15, 0.2) is 17.5 Å². The number of H-pyrrole nitrogens is 1. The topological polar surface area (TPSA) is 67.6 Å².